The molecule has 0 saturated heterocycles. The zero-order valence-electron chi connectivity index (χ0n) is 11.2. The van der Waals surface area contributed by atoms with Crippen LogP contribution in [0.4, 0.5) is 0 Å². The summed E-state index contributed by atoms with van der Waals surface area (Å²) in [6.07, 6.45) is 3.62. The van der Waals surface area contributed by atoms with Crippen LogP contribution in [-0.2, 0) is 4.79 Å². The molecular formula is C13H19N3O3. The van der Waals surface area contributed by atoms with Gasteiger partial charge in [-0.25, -0.2) is 0 Å². The number of carbonyl (C=O) groups is 2. The fraction of sp³-hybridized carbons (Fsp3) is 0.615. The molecule has 2 N–H and O–H groups in total. The first-order valence-electron chi connectivity index (χ1n) is 6.56. The Labute approximate surface area is 111 Å². The van der Waals surface area contributed by atoms with E-state index < -0.39 is 5.97 Å². The summed E-state index contributed by atoms with van der Waals surface area (Å²) in [6, 6.07) is 1.83. The van der Waals surface area contributed by atoms with Crippen LogP contribution in [0.15, 0.2) is 12.3 Å². The molecule has 1 aliphatic carbocycles. The van der Waals surface area contributed by atoms with E-state index in [0.29, 0.717) is 25.0 Å². The van der Waals surface area contributed by atoms with Gasteiger partial charge in [0.25, 0.3) is 5.91 Å². The van der Waals surface area contributed by atoms with Gasteiger partial charge < -0.3 is 10.4 Å². The zero-order chi connectivity index (χ0) is 14.0. The molecule has 1 saturated carbocycles. The molecular weight excluding hydrogens is 246 g/mol. The molecule has 0 bridgehead atoms. The summed E-state index contributed by atoms with van der Waals surface area (Å²) in [5, 5.41) is 16.0. The van der Waals surface area contributed by atoms with Crippen molar-refractivity contribution in [3.8, 4) is 0 Å². The Hall–Kier alpha value is -1.85. The molecule has 104 valence electrons. The van der Waals surface area contributed by atoms with E-state index in [2.05, 4.69) is 10.4 Å². The van der Waals surface area contributed by atoms with E-state index in [0.717, 1.165) is 0 Å². The topological polar surface area (TPSA) is 84.2 Å². The SMILES string of the molecule is CC(C)n1ccc(C(=O)N[C@H]2CC[C@@H](C(=O)O)C2)n1. The van der Waals surface area contributed by atoms with Crippen LogP contribution in [0.5, 0.6) is 0 Å². The average molecular weight is 265 g/mol. The Balaban J connectivity index is 1.92. The summed E-state index contributed by atoms with van der Waals surface area (Å²) < 4.78 is 1.73. The van der Waals surface area contributed by atoms with Crippen molar-refractivity contribution in [3.05, 3.63) is 18.0 Å². The molecule has 0 spiro atoms. The van der Waals surface area contributed by atoms with Gasteiger partial charge in [0.15, 0.2) is 0 Å². The maximum Gasteiger partial charge on any atom is 0.306 e. The van der Waals surface area contributed by atoms with E-state index >= 15 is 0 Å². The Morgan fingerprint density at radius 3 is 2.74 bits per heavy atom. The van der Waals surface area contributed by atoms with Crippen molar-refractivity contribution in [1.82, 2.24) is 15.1 Å². The first-order chi connectivity index (χ1) is 8.97. The highest BCUT2D eigenvalue weighted by Gasteiger charge is 2.30. The van der Waals surface area contributed by atoms with Gasteiger partial charge in [0, 0.05) is 18.3 Å². The quantitative estimate of drug-likeness (QED) is 0.863. The van der Waals surface area contributed by atoms with E-state index in [4.69, 9.17) is 5.11 Å². The zero-order valence-corrected chi connectivity index (χ0v) is 11.2. The highest BCUT2D eigenvalue weighted by atomic mass is 16.4. The van der Waals surface area contributed by atoms with Crippen LogP contribution >= 0.6 is 0 Å². The second kappa shape index (κ2) is 5.42. The van der Waals surface area contributed by atoms with Crippen molar-refractivity contribution >= 4 is 11.9 Å². The number of carbonyl (C=O) groups excluding carboxylic acids is 1. The van der Waals surface area contributed by atoms with Gasteiger partial charge in [0.1, 0.15) is 5.69 Å². The van der Waals surface area contributed by atoms with Gasteiger partial charge in [-0.15, -0.1) is 0 Å². The molecule has 1 aliphatic rings. The lowest BCUT2D eigenvalue weighted by Gasteiger charge is -2.11. The van der Waals surface area contributed by atoms with E-state index in [1.54, 1.807) is 16.9 Å². The molecule has 0 radical (unpaired) electrons. The summed E-state index contributed by atoms with van der Waals surface area (Å²) in [5.41, 5.74) is 0.382. The minimum atomic E-state index is -0.777. The summed E-state index contributed by atoms with van der Waals surface area (Å²) in [4.78, 5) is 22.8. The first-order valence-corrected chi connectivity index (χ1v) is 6.56. The third-order valence-electron chi connectivity index (χ3n) is 3.49. The summed E-state index contributed by atoms with van der Waals surface area (Å²) in [6.45, 7) is 3.98. The fourth-order valence-corrected chi connectivity index (χ4v) is 2.34. The largest absolute Gasteiger partial charge is 0.481 e. The normalized spacial score (nSPS) is 22.7. The molecule has 2 atom stereocenters. The Morgan fingerprint density at radius 1 is 1.47 bits per heavy atom. The van der Waals surface area contributed by atoms with Crippen LogP contribution in [0.25, 0.3) is 0 Å². The van der Waals surface area contributed by atoms with Crippen molar-refractivity contribution in [3.63, 3.8) is 0 Å². The van der Waals surface area contributed by atoms with Crippen LogP contribution in [0.3, 0.4) is 0 Å². The van der Waals surface area contributed by atoms with Gasteiger partial charge in [0.2, 0.25) is 0 Å². The number of amides is 1. The number of rotatable bonds is 4. The van der Waals surface area contributed by atoms with E-state index in [1.165, 1.54) is 0 Å². The fourth-order valence-electron chi connectivity index (χ4n) is 2.34. The molecule has 1 amide bonds. The Bertz CT molecular complexity index is 481. The first kappa shape index (κ1) is 13.6. The number of carboxylic acid groups (broad SMARTS) is 1. The van der Waals surface area contributed by atoms with E-state index in [1.807, 2.05) is 13.8 Å². The summed E-state index contributed by atoms with van der Waals surface area (Å²) in [5.74, 6) is -1.34. The van der Waals surface area contributed by atoms with Gasteiger partial charge in [-0.1, -0.05) is 0 Å². The number of carboxylic acids is 1. The van der Waals surface area contributed by atoms with Crippen LogP contribution < -0.4 is 5.32 Å². The Morgan fingerprint density at radius 2 is 2.21 bits per heavy atom. The second-order valence-corrected chi connectivity index (χ2v) is 5.29. The van der Waals surface area contributed by atoms with Gasteiger partial charge in [0.05, 0.1) is 5.92 Å². The Kier molecular flexibility index (Phi) is 3.87. The maximum absolute atomic E-state index is 12.0. The van der Waals surface area contributed by atoms with Gasteiger partial charge in [-0.05, 0) is 39.2 Å². The minimum Gasteiger partial charge on any atom is -0.481 e. The molecule has 1 aromatic rings. The molecule has 2 rings (SSSR count). The molecule has 6 heteroatoms. The lowest BCUT2D eigenvalue weighted by Crippen LogP contribution is -2.33. The van der Waals surface area contributed by atoms with Crippen LogP contribution in [0.1, 0.15) is 49.6 Å². The number of nitrogens with zero attached hydrogens (tertiary/aromatic N) is 2. The number of hydrogen-bond acceptors (Lipinski definition) is 3. The van der Waals surface area contributed by atoms with E-state index in [-0.39, 0.29) is 23.9 Å². The van der Waals surface area contributed by atoms with Crippen LogP contribution in [0.2, 0.25) is 0 Å². The summed E-state index contributed by atoms with van der Waals surface area (Å²) in [7, 11) is 0. The molecule has 6 nitrogen and oxygen atoms in total. The summed E-state index contributed by atoms with van der Waals surface area (Å²) >= 11 is 0. The molecule has 1 aromatic heterocycles. The molecule has 0 aromatic carbocycles. The lowest BCUT2D eigenvalue weighted by molar-refractivity contribution is -0.141. The predicted octanol–water partition coefficient (Wildman–Crippen LogP) is 1.45. The van der Waals surface area contributed by atoms with E-state index in [9.17, 15) is 9.59 Å². The van der Waals surface area contributed by atoms with Crippen molar-refractivity contribution in [2.24, 2.45) is 5.92 Å². The minimum absolute atomic E-state index is 0.0576. The number of hydrogen-bond donors (Lipinski definition) is 2. The maximum atomic E-state index is 12.0. The molecule has 0 aliphatic heterocycles. The van der Waals surface area contributed by atoms with Crippen LogP contribution in [0, 0.1) is 5.92 Å². The predicted molar refractivity (Wildman–Crippen MR) is 68.8 cm³/mol. The van der Waals surface area contributed by atoms with Gasteiger partial charge >= 0.3 is 5.97 Å². The van der Waals surface area contributed by atoms with Crippen molar-refractivity contribution < 1.29 is 14.7 Å². The van der Waals surface area contributed by atoms with Crippen molar-refractivity contribution in [2.75, 3.05) is 0 Å². The van der Waals surface area contributed by atoms with Crippen LogP contribution in [-0.4, -0.2) is 32.8 Å². The molecule has 19 heavy (non-hydrogen) atoms. The van der Waals surface area contributed by atoms with Gasteiger partial charge in [-0.3, -0.25) is 14.3 Å². The monoisotopic (exact) mass is 265 g/mol. The highest BCUT2D eigenvalue weighted by molar-refractivity contribution is 5.92. The van der Waals surface area contributed by atoms with Crippen molar-refractivity contribution in [2.45, 2.75) is 45.2 Å². The number of aromatic nitrogens is 2. The molecule has 0 unspecified atom stereocenters. The number of aliphatic carboxylic acids is 1. The standard InChI is InChI=1S/C13H19N3O3/c1-8(2)16-6-5-11(15-16)12(17)14-10-4-3-9(7-10)13(18)19/h5-6,8-10H,3-4,7H2,1-2H3,(H,14,17)(H,18,19)/t9-,10+/m1/s1. The second-order valence-electron chi connectivity index (χ2n) is 5.29. The lowest BCUT2D eigenvalue weighted by atomic mass is 10.1. The molecule has 1 heterocycles. The third kappa shape index (κ3) is 3.13. The third-order valence-corrected chi connectivity index (χ3v) is 3.49. The number of nitrogens with one attached hydrogen (secondary N) is 1. The van der Waals surface area contributed by atoms with Gasteiger partial charge in [-0.2, -0.15) is 5.10 Å². The molecule has 1 fully saturated rings. The highest BCUT2D eigenvalue weighted by Crippen LogP contribution is 2.25. The smallest absolute Gasteiger partial charge is 0.306 e. The average Bonchev–Trinajstić information content (AvgIpc) is 2.96. The van der Waals surface area contributed by atoms with Crippen molar-refractivity contribution in [1.29, 1.82) is 0 Å².